The lowest BCUT2D eigenvalue weighted by Gasteiger charge is -2.19. The highest BCUT2D eigenvalue weighted by atomic mass is 35.5. The second kappa shape index (κ2) is 7.63. The van der Waals surface area contributed by atoms with Gasteiger partial charge in [0, 0.05) is 16.2 Å². The summed E-state index contributed by atoms with van der Waals surface area (Å²) in [6.07, 6.45) is 0. The van der Waals surface area contributed by atoms with E-state index in [1.54, 1.807) is 11.8 Å². The molecule has 0 atom stereocenters. The van der Waals surface area contributed by atoms with Gasteiger partial charge >= 0.3 is 0 Å². The predicted molar refractivity (Wildman–Crippen MR) is 104 cm³/mol. The molecule has 0 fully saturated rings. The minimum atomic E-state index is 0.186. The van der Waals surface area contributed by atoms with Crippen LogP contribution in [0.25, 0.3) is 11.5 Å². The molecule has 0 aliphatic rings. The van der Waals surface area contributed by atoms with Gasteiger partial charge in [0.25, 0.3) is 0 Å². The Balaban J connectivity index is 1.68. The van der Waals surface area contributed by atoms with Crippen LogP contribution in [0.4, 0.5) is 0 Å². The van der Waals surface area contributed by atoms with Crippen LogP contribution in [-0.2, 0) is 17.0 Å². The Morgan fingerprint density at radius 2 is 1.80 bits per heavy atom. The molecular weight excluding hydrogens is 352 g/mol. The number of benzene rings is 2. The van der Waals surface area contributed by atoms with E-state index in [4.69, 9.17) is 16.0 Å². The molecule has 1 heterocycles. The summed E-state index contributed by atoms with van der Waals surface area (Å²) < 4.78 is 5.52. The fourth-order valence-electron chi connectivity index (χ4n) is 2.41. The van der Waals surface area contributed by atoms with E-state index in [1.165, 1.54) is 16.0 Å². The van der Waals surface area contributed by atoms with Crippen LogP contribution >= 0.6 is 23.4 Å². The molecule has 1 aromatic heterocycles. The lowest BCUT2D eigenvalue weighted by atomic mass is 9.87. The van der Waals surface area contributed by atoms with E-state index in [-0.39, 0.29) is 11.3 Å². The molecule has 3 aromatic rings. The van der Waals surface area contributed by atoms with Gasteiger partial charge in [-0.05, 0) is 34.7 Å². The standard InChI is InChI=1S/C20H21ClN2OS/c1-20(2,3)16-9-7-14(8-10-16)13-25-17-6-4-5-15(11-17)19-23-22-18(12-21)24-19/h4-11H,12-13H2,1-3H3. The van der Waals surface area contributed by atoms with E-state index in [0.717, 1.165) is 11.3 Å². The van der Waals surface area contributed by atoms with E-state index in [9.17, 15) is 0 Å². The number of aromatic nitrogens is 2. The fraction of sp³-hybridized carbons (Fsp3) is 0.300. The topological polar surface area (TPSA) is 38.9 Å². The Morgan fingerprint density at radius 3 is 2.44 bits per heavy atom. The maximum absolute atomic E-state index is 5.72. The van der Waals surface area contributed by atoms with Crippen molar-refractivity contribution in [1.29, 1.82) is 0 Å². The van der Waals surface area contributed by atoms with Crippen LogP contribution in [0, 0.1) is 0 Å². The van der Waals surface area contributed by atoms with Gasteiger partial charge in [0.05, 0.1) is 0 Å². The van der Waals surface area contributed by atoms with Crippen LogP contribution in [0.1, 0.15) is 37.8 Å². The Hall–Kier alpha value is -1.78. The zero-order valence-corrected chi connectivity index (χ0v) is 16.2. The van der Waals surface area contributed by atoms with E-state index >= 15 is 0 Å². The summed E-state index contributed by atoms with van der Waals surface area (Å²) in [4.78, 5) is 1.17. The van der Waals surface area contributed by atoms with Crippen LogP contribution in [-0.4, -0.2) is 10.2 Å². The third kappa shape index (κ3) is 4.65. The molecule has 0 aliphatic carbocycles. The average Bonchev–Trinajstić information content (AvgIpc) is 3.09. The lowest BCUT2D eigenvalue weighted by Crippen LogP contribution is -2.10. The number of rotatable bonds is 5. The second-order valence-corrected chi connectivity index (χ2v) is 8.21. The van der Waals surface area contributed by atoms with Crippen LogP contribution in [0.15, 0.2) is 57.8 Å². The maximum atomic E-state index is 5.72. The molecule has 0 saturated carbocycles. The minimum Gasteiger partial charge on any atom is -0.419 e. The Morgan fingerprint density at radius 1 is 1.04 bits per heavy atom. The number of nitrogens with zero attached hydrogens (tertiary/aromatic N) is 2. The average molecular weight is 373 g/mol. The molecule has 5 heteroatoms. The molecule has 0 aliphatic heterocycles. The highest BCUT2D eigenvalue weighted by molar-refractivity contribution is 7.98. The van der Waals surface area contributed by atoms with E-state index < -0.39 is 0 Å². The van der Waals surface area contributed by atoms with Crippen molar-refractivity contribution in [2.75, 3.05) is 0 Å². The largest absolute Gasteiger partial charge is 0.419 e. The normalized spacial score (nSPS) is 11.7. The van der Waals surface area contributed by atoms with Crippen LogP contribution < -0.4 is 0 Å². The molecule has 0 spiro atoms. The van der Waals surface area contributed by atoms with E-state index in [0.29, 0.717) is 11.8 Å². The molecule has 3 rings (SSSR count). The van der Waals surface area contributed by atoms with Crippen LogP contribution in [0.5, 0.6) is 0 Å². The first-order valence-corrected chi connectivity index (χ1v) is 9.69. The van der Waals surface area contributed by atoms with Gasteiger partial charge in [0.15, 0.2) is 0 Å². The number of hydrogen-bond acceptors (Lipinski definition) is 4. The predicted octanol–water partition coefficient (Wildman–Crippen LogP) is 6.07. The van der Waals surface area contributed by atoms with Crippen molar-refractivity contribution >= 4 is 23.4 Å². The molecule has 0 radical (unpaired) electrons. The Labute approximate surface area is 157 Å². The van der Waals surface area contributed by atoms with Gasteiger partial charge in [0.2, 0.25) is 11.8 Å². The quantitative estimate of drug-likeness (QED) is 0.402. The Kier molecular flexibility index (Phi) is 5.50. The zero-order chi connectivity index (χ0) is 17.9. The van der Waals surface area contributed by atoms with Crippen molar-refractivity contribution in [1.82, 2.24) is 10.2 Å². The summed E-state index contributed by atoms with van der Waals surface area (Å²) in [5.74, 6) is 2.10. The first-order valence-electron chi connectivity index (χ1n) is 8.17. The third-order valence-electron chi connectivity index (χ3n) is 3.89. The van der Waals surface area contributed by atoms with Crippen LogP contribution in [0.3, 0.4) is 0 Å². The number of halogens is 1. The number of alkyl halides is 1. The van der Waals surface area contributed by atoms with E-state index in [2.05, 4.69) is 67.4 Å². The third-order valence-corrected chi connectivity index (χ3v) is 5.18. The molecular formula is C20H21ClN2OS. The second-order valence-electron chi connectivity index (χ2n) is 6.90. The molecule has 0 unspecified atom stereocenters. The minimum absolute atomic E-state index is 0.186. The summed E-state index contributed by atoms with van der Waals surface area (Å²) in [6, 6.07) is 17.0. The van der Waals surface area contributed by atoms with Crippen molar-refractivity contribution in [2.24, 2.45) is 0 Å². The highest BCUT2D eigenvalue weighted by Crippen LogP contribution is 2.29. The van der Waals surface area contributed by atoms with Gasteiger partial charge in [-0.25, -0.2) is 0 Å². The lowest BCUT2D eigenvalue weighted by molar-refractivity contribution is 0.527. The van der Waals surface area contributed by atoms with Gasteiger partial charge in [-0.2, -0.15) is 0 Å². The van der Waals surface area contributed by atoms with Gasteiger partial charge in [-0.3, -0.25) is 0 Å². The monoisotopic (exact) mass is 372 g/mol. The van der Waals surface area contributed by atoms with Gasteiger partial charge < -0.3 is 4.42 Å². The molecule has 3 nitrogen and oxygen atoms in total. The summed E-state index contributed by atoms with van der Waals surface area (Å²) >= 11 is 7.51. The van der Waals surface area contributed by atoms with Gasteiger partial charge in [-0.1, -0.05) is 51.1 Å². The molecule has 0 amide bonds. The fourth-order valence-corrected chi connectivity index (χ4v) is 3.43. The maximum Gasteiger partial charge on any atom is 0.247 e. The number of hydrogen-bond donors (Lipinski definition) is 0. The van der Waals surface area contributed by atoms with Crippen molar-refractivity contribution in [2.45, 2.75) is 42.7 Å². The summed E-state index contributed by atoms with van der Waals surface area (Å²) in [6.45, 7) is 6.69. The first kappa shape index (κ1) is 18.0. The molecule has 130 valence electrons. The van der Waals surface area contributed by atoms with E-state index in [1.807, 2.05) is 12.1 Å². The molecule has 25 heavy (non-hydrogen) atoms. The van der Waals surface area contributed by atoms with Crippen LogP contribution in [0.2, 0.25) is 0 Å². The highest BCUT2D eigenvalue weighted by Gasteiger charge is 2.13. The van der Waals surface area contributed by atoms with Gasteiger partial charge in [-0.15, -0.1) is 33.6 Å². The number of thioether (sulfide) groups is 1. The molecule has 0 bridgehead atoms. The van der Waals surface area contributed by atoms with Crippen molar-refractivity contribution in [3.05, 3.63) is 65.5 Å². The van der Waals surface area contributed by atoms with Gasteiger partial charge in [0.1, 0.15) is 5.88 Å². The van der Waals surface area contributed by atoms with Crippen molar-refractivity contribution < 1.29 is 4.42 Å². The molecule has 0 saturated heterocycles. The molecule has 0 N–H and O–H groups in total. The smallest absolute Gasteiger partial charge is 0.247 e. The zero-order valence-electron chi connectivity index (χ0n) is 14.6. The first-order chi connectivity index (χ1) is 12.0. The Bertz CT molecular complexity index is 837. The summed E-state index contributed by atoms with van der Waals surface area (Å²) in [5.41, 5.74) is 3.77. The van der Waals surface area contributed by atoms with Crippen molar-refractivity contribution in [3.63, 3.8) is 0 Å². The summed E-state index contributed by atoms with van der Waals surface area (Å²) in [5, 5.41) is 7.95. The van der Waals surface area contributed by atoms with Crippen molar-refractivity contribution in [3.8, 4) is 11.5 Å². The SMILES string of the molecule is CC(C)(C)c1ccc(CSc2cccc(-c3nnc(CCl)o3)c2)cc1. The summed E-state index contributed by atoms with van der Waals surface area (Å²) in [7, 11) is 0. The molecule has 2 aromatic carbocycles.